The van der Waals surface area contributed by atoms with Crippen molar-refractivity contribution in [3.63, 3.8) is 0 Å². The number of rotatable bonds is 3. The second kappa shape index (κ2) is 7.16. The topological polar surface area (TPSA) is 86.8 Å². The van der Waals surface area contributed by atoms with Gasteiger partial charge in [-0.25, -0.2) is 18.4 Å². The van der Waals surface area contributed by atoms with E-state index >= 15 is 0 Å². The maximum absolute atomic E-state index is 14.4. The molecular weight excluding hydrogens is 423 g/mol. The number of pyridine rings is 2. The molecule has 1 N–H and O–H groups in total. The van der Waals surface area contributed by atoms with Crippen LogP contribution in [0.2, 0.25) is 0 Å². The predicted octanol–water partition coefficient (Wildman–Crippen LogP) is 2.70. The van der Waals surface area contributed by atoms with Crippen molar-refractivity contribution in [1.29, 1.82) is 0 Å². The van der Waals surface area contributed by atoms with E-state index in [1.807, 2.05) is 37.3 Å². The molecule has 9 nitrogen and oxygen atoms in total. The molecule has 1 aliphatic rings. The van der Waals surface area contributed by atoms with E-state index in [9.17, 15) is 9.18 Å². The number of anilines is 1. The molecule has 0 saturated carbocycles. The number of halogens is 1. The van der Waals surface area contributed by atoms with Gasteiger partial charge in [-0.05, 0) is 30.3 Å². The van der Waals surface area contributed by atoms with Crippen molar-refractivity contribution in [1.82, 2.24) is 34.1 Å². The van der Waals surface area contributed by atoms with Gasteiger partial charge in [0.1, 0.15) is 17.4 Å². The molecule has 1 amide bonds. The molecule has 33 heavy (non-hydrogen) atoms. The number of hydrogen-bond donors (Lipinski definition) is 1. The maximum atomic E-state index is 14.4. The molecule has 5 aromatic heterocycles. The first-order valence-corrected chi connectivity index (χ1v) is 10.6. The Morgan fingerprint density at radius 2 is 2.09 bits per heavy atom. The third kappa shape index (κ3) is 2.98. The maximum Gasteiger partial charge on any atom is 0.258 e. The van der Waals surface area contributed by atoms with Crippen molar-refractivity contribution in [2.24, 2.45) is 0 Å². The molecule has 5 aromatic rings. The molecule has 0 radical (unpaired) electrons. The number of nitrogens with zero attached hydrogens (tertiary/aromatic N) is 7. The van der Waals surface area contributed by atoms with Crippen molar-refractivity contribution in [3.8, 4) is 0 Å². The summed E-state index contributed by atoms with van der Waals surface area (Å²) in [7, 11) is 3.91. The van der Waals surface area contributed by atoms with E-state index in [-0.39, 0.29) is 11.7 Å². The van der Waals surface area contributed by atoms with Crippen molar-refractivity contribution in [3.05, 3.63) is 83.7 Å². The molecule has 0 fully saturated rings. The minimum atomic E-state index is -0.539. The summed E-state index contributed by atoms with van der Waals surface area (Å²) < 4.78 is 17.6. The van der Waals surface area contributed by atoms with Crippen LogP contribution in [-0.2, 0) is 6.42 Å². The van der Waals surface area contributed by atoms with Crippen LogP contribution in [0.4, 0.5) is 10.1 Å². The van der Waals surface area contributed by atoms with Crippen LogP contribution in [0.15, 0.2) is 55.2 Å². The summed E-state index contributed by atoms with van der Waals surface area (Å²) in [6.45, 7) is 0.474. The van der Waals surface area contributed by atoms with Crippen LogP contribution in [0.25, 0.3) is 11.0 Å². The second-order valence-corrected chi connectivity index (χ2v) is 8.34. The van der Waals surface area contributed by atoms with E-state index in [4.69, 9.17) is 0 Å². The number of H-pyrrole nitrogens is 1. The largest absolute Gasteiger partial charge is 0.376 e. The Morgan fingerprint density at radius 3 is 2.91 bits per heavy atom. The van der Waals surface area contributed by atoms with E-state index in [1.54, 1.807) is 40.3 Å². The third-order valence-corrected chi connectivity index (χ3v) is 6.18. The van der Waals surface area contributed by atoms with Crippen molar-refractivity contribution >= 4 is 22.6 Å². The number of nitrogens with one attached hydrogen (secondary N) is 1. The van der Waals surface area contributed by atoms with Crippen LogP contribution < -0.4 is 4.90 Å². The Bertz CT molecular complexity index is 1510. The predicted molar refractivity (Wildman–Crippen MR) is 120 cm³/mol. The van der Waals surface area contributed by atoms with Crippen LogP contribution in [0.1, 0.15) is 33.5 Å². The fraction of sp³-hybridized carbons (Fsp3) is 0.217. The number of fused-ring (bicyclic) bond motifs is 3. The molecule has 0 aliphatic carbocycles. The van der Waals surface area contributed by atoms with Gasteiger partial charge >= 0.3 is 0 Å². The van der Waals surface area contributed by atoms with E-state index in [2.05, 4.69) is 20.2 Å². The van der Waals surface area contributed by atoms with Crippen molar-refractivity contribution in [2.45, 2.75) is 12.5 Å². The molecule has 0 spiro atoms. The first-order chi connectivity index (χ1) is 16.0. The highest BCUT2D eigenvalue weighted by Gasteiger charge is 2.37. The molecule has 10 heteroatoms. The molecule has 1 aliphatic heterocycles. The number of carbonyl (C=O) groups is 1. The minimum Gasteiger partial charge on any atom is -0.376 e. The summed E-state index contributed by atoms with van der Waals surface area (Å²) in [5.41, 5.74) is 4.80. The van der Waals surface area contributed by atoms with E-state index < -0.39 is 6.04 Å². The van der Waals surface area contributed by atoms with Crippen LogP contribution in [0.3, 0.4) is 0 Å². The monoisotopic (exact) mass is 444 g/mol. The smallest absolute Gasteiger partial charge is 0.258 e. The van der Waals surface area contributed by atoms with Gasteiger partial charge in [0.2, 0.25) is 0 Å². The molecule has 6 heterocycles. The van der Waals surface area contributed by atoms with Crippen LogP contribution in [0, 0.1) is 5.82 Å². The van der Waals surface area contributed by atoms with Crippen LogP contribution >= 0.6 is 0 Å². The highest BCUT2D eigenvalue weighted by atomic mass is 19.1. The van der Waals surface area contributed by atoms with Gasteiger partial charge < -0.3 is 14.8 Å². The van der Waals surface area contributed by atoms with Gasteiger partial charge in [-0.3, -0.25) is 4.79 Å². The van der Waals surface area contributed by atoms with Gasteiger partial charge in [-0.2, -0.15) is 10.2 Å². The molecule has 0 bridgehead atoms. The Hall–Kier alpha value is -4.21. The average Bonchev–Trinajstić information content (AvgIpc) is 3.55. The molecule has 6 rings (SSSR count). The first-order valence-electron chi connectivity index (χ1n) is 10.6. The number of imidazole rings is 1. The zero-order valence-electron chi connectivity index (χ0n) is 18.1. The summed E-state index contributed by atoms with van der Waals surface area (Å²) in [5, 5.41) is 8.99. The fourth-order valence-electron chi connectivity index (χ4n) is 4.49. The van der Waals surface area contributed by atoms with Gasteiger partial charge in [0.25, 0.3) is 5.91 Å². The molecular formula is C23H21FN8O. The summed E-state index contributed by atoms with van der Waals surface area (Å²) >= 11 is 0. The van der Waals surface area contributed by atoms with Crippen LogP contribution in [-0.4, -0.2) is 60.6 Å². The Balaban J connectivity index is 1.46. The van der Waals surface area contributed by atoms with Gasteiger partial charge in [0, 0.05) is 39.0 Å². The summed E-state index contributed by atoms with van der Waals surface area (Å²) in [4.78, 5) is 25.2. The summed E-state index contributed by atoms with van der Waals surface area (Å²) in [6, 6.07) is 7.99. The fourth-order valence-corrected chi connectivity index (χ4v) is 4.49. The number of aromatic nitrogens is 6. The average molecular weight is 444 g/mol. The lowest BCUT2D eigenvalue weighted by molar-refractivity contribution is 0.0689. The third-order valence-electron chi connectivity index (χ3n) is 6.18. The summed E-state index contributed by atoms with van der Waals surface area (Å²) in [5.74, 6) is -0.537. The molecule has 0 saturated heterocycles. The zero-order chi connectivity index (χ0) is 22.7. The van der Waals surface area contributed by atoms with Gasteiger partial charge in [-0.1, -0.05) is 0 Å². The van der Waals surface area contributed by atoms with Gasteiger partial charge in [0.15, 0.2) is 0 Å². The van der Waals surface area contributed by atoms with Gasteiger partial charge in [0.05, 0.1) is 46.9 Å². The lowest BCUT2D eigenvalue weighted by Crippen LogP contribution is -2.41. The quantitative estimate of drug-likeness (QED) is 0.462. The Morgan fingerprint density at radius 1 is 1.21 bits per heavy atom. The highest BCUT2D eigenvalue weighted by Crippen LogP contribution is 2.35. The molecule has 0 aromatic carbocycles. The molecule has 1 atom stereocenters. The number of amides is 1. The number of aromatic amines is 1. The first kappa shape index (κ1) is 19.5. The highest BCUT2D eigenvalue weighted by molar-refractivity contribution is 6.01. The Labute approximate surface area is 188 Å². The number of hydrogen-bond acceptors (Lipinski definition) is 5. The number of carbonyl (C=O) groups excluding carboxylic acids is 1. The molecule has 0 unspecified atom stereocenters. The lowest BCUT2D eigenvalue weighted by atomic mass is 9.98. The normalized spacial score (nSPS) is 15.8. The van der Waals surface area contributed by atoms with E-state index in [0.29, 0.717) is 29.7 Å². The van der Waals surface area contributed by atoms with E-state index in [1.165, 1.54) is 10.6 Å². The van der Waals surface area contributed by atoms with Crippen molar-refractivity contribution < 1.29 is 9.18 Å². The molecule has 166 valence electrons. The lowest BCUT2D eigenvalue weighted by Gasteiger charge is -2.33. The minimum absolute atomic E-state index is 0.168. The van der Waals surface area contributed by atoms with E-state index in [0.717, 1.165) is 22.6 Å². The zero-order valence-corrected chi connectivity index (χ0v) is 18.1. The second-order valence-electron chi connectivity index (χ2n) is 8.34. The standard InChI is InChI=1S/C23H21FN8O/c1-29(2)14-5-6-19-15(11-27-32(19)12-14)23(33)30-9-7-17-21(26-13-25-17)22(30)18-10-20-16(24)4-3-8-31(20)28-18/h3-6,8,10-13,22H,7,9H2,1-2H3,(H,25,26)/t22-/m0/s1. The van der Waals surface area contributed by atoms with Gasteiger partial charge in [-0.15, -0.1) is 0 Å². The summed E-state index contributed by atoms with van der Waals surface area (Å²) in [6.07, 6.45) is 7.44. The SMILES string of the molecule is CN(C)c1ccc2c(C(=O)N3CCc4[nH]cnc4[C@@H]3c3cc4c(F)cccn4n3)cnn2c1. The Kier molecular flexibility index (Phi) is 4.22. The van der Waals surface area contributed by atoms with Crippen LogP contribution in [0.5, 0.6) is 0 Å². The van der Waals surface area contributed by atoms with Crippen molar-refractivity contribution in [2.75, 3.05) is 25.5 Å².